The summed E-state index contributed by atoms with van der Waals surface area (Å²) in [6.07, 6.45) is -0.190. The third-order valence-electron chi connectivity index (χ3n) is 3.58. The molecule has 1 atom stereocenters. The van der Waals surface area contributed by atoms with Crippen molar-refractivity contribution in [1.82, 2.24) is 10.2 Å². The van der Waals surface area contributed by atoms with E-state index in [0.717, 1.165) is 25.7 Å². The Kier molecular flexibility index (Phi) is 4.54. The number of Topliss-reactive ketones (excluding diaryl/α,β-unsaturated/α-hetero) is 1. The molecule has 3 aromatic rings. The van der Waals surface area contributed by atoms with E-state index in [9.17, 15) is 4.79 Å². The summed E-state index contributed by atoms with van der Waals surface area (Å²) in [6.45, 7) is 0. The number of nitrogens with zero attached hydrogens (tertiary/aromatic N) is 1. The summed E-state index contributed by atoms with van der Waals surface area (Å²) in [7, 11) is 1.57. The van der Waals surface area contributed by atoms with E-state index < -0.39 is 6.10 Å². The zero-order chi connectivity index (χ0) is 15.5. The number of aromatic amines is 1. The van der Waals surface area contributed by atoms with Gasteiger partial charge in [-0.25, -0.2) is 0 Å². The minimum atomic E-state index is -0.527. The maximum Gasteiger partial charge on any atom is 0.170 e. The summed E-state index contributed by atoms with van der Waals surface area (Å²) < 4.78 is 6.38. The van der Waals surface area contributed by atoms with Crippen molar-refractivity contribution in [2.24, 2.45) is 0 Å². The topological polar surface area (TPSA) is 55.0 Å². The minimum absolute atomic E-state index is 0.0477. The van der Waals surface area contributed by atoms with Gasteiger partial charge in [0.2, 0.25) is 0 Å². The van der Waals surface area contributed by atoms with E-state index in [0.29, 0.717) is 6.42 Å². The molecule has 0 aliphatic carbocycles. The molecule has 0 amide bonds. The Hall–Kier alpha value is -1.73. The maximum atomic E-state index is 12.6. The number of fused-ring (bicyclic) bond motifs is 1. The zero-order valence-electron chi connectivity index (χ0n) is 12.0. The lowest BCUT2D eigenvalue weighted by molar-refractivity contribution is -0.128. The van der Waals surface area contributed by atoms with Crippen LogP contribution in [0.4, 0.5) is 0 Å². The number of carbonyl (C=O) groups is 1. The molecule has 0 fully saturated rings. The van der Waals surface area contributed by atoms with E-state index in [2.05, 4.69) is 32.8 Å². The van der Waals surface area contributed by atoms with Crippen molar-refractivity contribution in [3.63, 3.8) is 0 Å². The number of H-pyrrole nitrogens is 1. The first-order chi connectivity index (χ1) is 10.7. The number of methoxy groups -OCH3 is 1. The Labute approximate surface area is 142 Å². The van der Waals surface area contributed by atoms with Crippen molar-refractivity contribution in [2.45, 2.75) is 12.5 Å². The van der Waals surface area contributed by atoms with Crippen LogP contribution in [0.3, 0.4) is 0 Å². The number of carbonyl (C=O) groups excluding carboxylic acids is 1. The van der Waals surface area contributed by atoms with Crippen LogP contribution in [-0.2, 0) is 16.0 Å². The van der Waals surface area contributed by atoms with Gasteiger partial charge in [-0.15, -0.1) is 0 Å². The molecule has 5 heteroatoms. The van der Waals surface area contributed by atoms with Crippen LogP contribution in [0.15, 0.2) is 48.5 Å². The second-order valence-electron chi connectivity index (χ2n) is 5.06. The fourth-order valence-corrected chi connectivity index (χ4v) is 3.06. The molecule has 0 spiro atoms. The van der Waals surface area contributed by atoms with E-state index in [1.807, 2.05) is 48.5 Å². The molecule has 1 heterocycles. The van der Waals surface area contributed by atoms with Gasteiger partial charge in [-0.2, -0.15) is 5.10 Å². The molecular weight excluding hydrogens is 391 g/mol. The first-order valence-electron chi connectivity index (χ1n) is 6.92. The lowest BCUT2D eigenvalue weighted by Crippen LogP contribution is -2.16. The van der Waals surface area contributed by atoms with E-state index in [4.69, 9.17) is 4.74 Å². The van der Waals surface area contributed by atoms with Crippen LogP contribution in [0.5, 0.6) is 0 Å². The van der Waals surface area contributed by atoms with E-state index >= 15 is 0 Å². The summed E-state index contributed by atoms with van der Waals surface area (Å²) in [5.41, 5.74) is 2.76. The molecule has 0 aliphatic heterocycles. The highest BCUT2D eigenvalue weighted by Gasteiger charge is 2.20. The molecule has 0 aliphatic rings. The lowest BCUT2D eigenvalue weighted by Gasteiger charge is -2.14. The summed E-state index contributed by atoms with van der Waals surface area (Å²) in [4.78, 5) is 12.6. The Morgan fingerprint density at radius 3 is 2.77 bits per heavy atom. The molecule has 22 heavy (non-hydrogen) atoms. The van der Waals surface area contributed by atoms with Gasteiger partial charge < -0.3 is 4.74 Å². The highest BCUT2D eigenvalue weighted by atomic mass is 127. The van der Waals surface area contributed by atoms with Crippen LogP contribution in [0.1, 0.15) is 17.2 Å². The molecule has 0 radical (unpaired) electrons. The predicted octanol–water partition coefficient (Wildman–Crippen LogP) is 3.67. The number of ketones is 1. The monoisotopic (exact) mass is 406 g/mol. The highest BCUT2D eigenvalue weighted by molar-refractivity contribution is 14.1. The number of rotatable bonds is 5. The Morgan fingerprint density at radius 1 is 1.27 bits per heavy atom. The van der Waals surface area contributed by atoms with Crippen molar-refractivity contribution in [2.75, 3.05) is 7.11 Å². The van der Waals surface area contributed by atoms with Crippen LogP contribution in [0, 0.1) is 3.70 Å². The van der Waals surface area contributed by atoms with Crippen LogP contribution in [0.2, 0.25) is 0 Å². The lowest BCUT2D eigenvalue weighted by atomic mass is 9.99. The van der Waals surface area contributed by atoms with Crippen LogP contribution < -0.4 is 0 Å². The minimum Gasteiger partial charge on any atom is -0.369 e. The fraction of sp³-hybridized carbons (Fsp3) is 0.176. The van der Waals surface area contributed by atoms with Gasteiger partial charge in [-0.1, -0.05) is 36.4 Å². The number of aromatic nitrogens is 2. The maximum absolute atomic E-state index is 12.6. The molecule has 3 rings (SSSR count). The second kappa shape index (κ2) is 6.58. The largest absolute Gasteiger partial charge is 0.369 e. The van der Waals surface area contributed by atoms with E-state index in [1.165, 1.54) is 0 Å². The molecule has 1 aromatic heterocycles. The Balaban J connectivity index is 1.83. The van der Waals surface area contributed by atoms with Gasteiger partial charge in [0.15, 0.2) is 5.78 Å². The van der Waals surface area contributed by atoms with Gasteiger partial charge in [0.25, 0.3) is 0 Å². The van der Waals surface area contributed by atoms with Gasteiger partial charge in [0, 0.05) is 18.9 Å². The molecule has 0 bridgehead atoms. The third-order valence-corrected chi connectivity index (χ3v) is 4.40. The molecule has 4 nitrogen and oxygen atoms in total. The molecular formula is C17H15IN2O2. The summed E-state index contributed by atoms with van der Waals surface area (Å²) in [5, 5.41) is 8.18. The third kappa shape index (κ3) is 3.05. The van der Waals surface area contributed by atoms with Crippen molar-refractivity contribution in [1.29, 1.82) is 0 Å². The first-order valence-corrected chi connectivity index (χ1v) is 8.00. The fourth-order valence-electron chi connectivity index (χ4n) is 2.51. The smallest absolute Gasteiger partial charge is 0.170 e. The van der Waals surface area contributed by atoms with Crippen molar-refractivity contribution in [3.05, 3.63) is 63.4 Å². The number of halogens is 1. The van der Waals surface area contributed by atoms with Gasteiger partial charge in [-0.05, 0) is 45.9 Å². The van der Waals surface area contributed by atoms with Gasteiger partial charge in [0.1, 0.15) is 9.80 Å². The summed E-state index contributed by atoms with van der Waals surface area (Å²) in [6, 6.07) is 15.5. The molecule has 112 valence electrons. The highest BCUT2D eigenvalue weighted by Crippen LogP contribution is 2.23. The quantitative estimate of drug-likeness (QED) is 0.658. The van der Waals surface area contributed by atoms with E-state index in [-0.39, 0.29) is 5.78 Å². The molecule has 2 aromatic carbocycles. The first kappa shape index (κ1) is 15.2. The van der Waals surface area contributed by atoms with Crippen molar-refractivity contribution < 1.29 is 9.53 Å². The number of hydrogen-bond acceptors (Lipinski definition) is 3. The standard InChI is InChI=1S/C17H15IN2O2/c1-22-16(12-5-3-2-4-6-12)15(21)10-11-7-8-14-13(9-11)17(18)20-19-14/h2-9,16H,10H2,1H3,(H,19,20). The average Bonchev–Trinajstić information content (AvgIpc) is 2.90. The second-order valence-corrected chi connectivity index (χ2v) is 6.14. The number of ether oxygens (including phenoxy) is 1. The van der Waals surface area contributed by atoms with Gasteiger partial charge in [-0.3, -0.25) is 9.89 Å². The summed E-state index contributed by atoms with van der Waals surface area (Å²) >= 11 is 2.21. The molecule has 1 unspecified atom stereocenters. The van der Waals surface area contributed by atoms with Crippen molar-refractivity contribution in [3.8, 4) is 0 Å². The average molecular weight is 406 g/mol. The van der Waals surface area contributed by atoms with Crippen LogP contribution in [0.25, 0.3) is 10.9 Å². The Bertz CT molecular complexity index is 799. The summed E-state index contributed by atoms with van der Waals surface area (Å²) in [5.74, 6) is 0.0477. The van der Waals surface area contributed by atoms with Crippen LogP contribution >= 0.6 is 22.6 Å². The van der Waals surface area contributed by atoms with Crippen molar-refractivity contribution >= 4 is 39.3 Å². The zero-order valence-corrected chi connectivity index (χ0v) is 14.2. The number of hydrogen-bond donors (Lipinski definition) is 1. The van der Waals surface area contributed by atoms with Gasteiger partial charge >= 0.3 is 0 Å². The van der Waals surface area contributed by atoms with E-state index in [1.54, 1.807) is 7.11 Å². The normalized spacial score (nSPS) is 12.5. The molecule has 0 saturated carbocycles. The predicted molar refractivity (Wildman–Crippen MR) is 93.7 cm³/mol. The SMILES string of the molecule is COC(C(=O)Cc1ccc2n[nH]c(I)c2c1)c1ccccc1. The molecule has 1 N–H and O–H groups in total. The molecule has 0 saturated heterocycles. The Morgan fingerprint density at radius 2 is 2.05 bits per heavy atom. The number of benzene rings is 2. The van der Waals surface area contributed by atoms with Crippen LogP contribution in [-0.4, -0.2) is 23.1 Å². The number of nitrogens with one attached hydrogen (secondary N) is 1. The van der Waals surface area contributed by atoms with Gasteiger partial charge in [0.05, 0.1) is 5.52 Å².